The van der Waals surface area contributed by atoms with Gasteiger partial charge in [0.15, 0.2) is 0 Å². The van der Waals surface area contributed by atoms with E-state index in [4.69, 9.17) is 0 Å². The second-order valence-corrected chi connectivity index (χ2v) is 5.43. The maximum absolute atomic E-state index is 2.31. The summed E-state index contributed by atoms with van der Waals surface area (Å²) in [6.07, 6.45) is 10.7. The van der Waals surface area contributed by atoms with Crippen LogP contribution >= 0.6 is 0 Å². The van der Waals surface area contributed by atoms with Crippen molar-refractivity contribution in [2.24, 2.45) is 5.92 Å². The van der Waals surface area contributed by atoms with Gasteiger partial charge in [-0.25, -0.2) is 0 Å². The number of hydrogen-bond donors (Lipinski definition) is 0. The first-order chi connectivity index (χ1) is 8.67. The first-order valence-electron chi connectivity index (χ1n) is 7.05. The van der Waals surface area contributed by atoms with Crippen molar-refractivity contribution in [1.82, 2.24) is 0 Å². The van der Waals surface area contributed by atoms with Crippen molar-refractivity contribution in [3.63, 3.8) is 0 Å². The molecule has 2 rings (SSSR count). The second kappa shape index (κ2) is 5.56. The van der Waals surface area contributed by atoms with Crippen LogP contribution in [-0.2, 0) is 0 Å². The molecule has 0 saturated heterocycles. The molecule has 0 bridgehead atoms. The second-order valence-electron chi connectivity index (χ2n) is 5.43. The van der Waals surface area contributed by atoms with E-state index >= 15 is 0 Å². The summed E-state index contributed by atoms with van der Waals surface area (Å²) >= 11 is 0. The zero-order chi connectivity index (χ0) is 13.1. The van der Waals surface area contributed by atoms with Gasteiger partial charge in [-0.05, 0) is 80.7 Å². The predicted molar refractivity (Wildman–Crippen MR) is 81.6 cm³/mol. The van der Waals surface area contributed by atoms with Crippen LogP contribution in [0.15, 0.2) is 24.3 Å². The summed E-state index contributed by atoms with van der Waals surface area (Å²) in [6.45, 7) is 8.75. The summed E-state index contributed by atoms with van der Waals surface area (Å²) in [5.41, 5.74) is 7.23. The van der Waals surface area contributed by atoms with E-state index in [1.807, 2.05) is 0 Å². The quantitative estimate of drug-likeness (QED) is 0.648. The Morgan fingerprint density at radius 3 is 2.50 bits per heavy atom. The van der Waals surface area contributed by atoms with E-state index in [0.717, 1.165) is 5.92 Å². The van der Waals surface area contributed by atoms with E-state index in [9.17, 15) is 0 Å². The minimum atomic E-state index is 0.945. The van der Waals surface area contributed by atoms with Gasteiger partial charge in [0, 0.05) is 0 Å². The number of aryl methyl sites for hydroxylation is 1. The lowest BCUT2D eigenvalue weighted by molar-refractivity contribution is 0.874. The van der Waals surface area contributed by atoms with Crippen molar-refractivity contribution < 1.29 is 0 Å². The summed E-state index contributed by atoms with van der Waals surface area (Å²) < 4.78 is 0. The average Bonchev–Trinajstić information content (AvgIpc) is 3.15. The van der Waals surface area contributed by atoms with Gasteiger partial charge in [-0.1, -0.05) is 30.4 Å². The lowest BCUT2D eigenvalue weighted by atomic mass is 9.89. The van der Waals surface area contributed by atoms with Crippen molar-refractivity contribution in [2.75, 3.05) is 0 Å². The number of hydrogen-bond acceptors (Lipinski definition) is 0. The van der Waals surface area contributed by atoms with Crippen LogP contribution in [0.1, 0.15) is 55.4 Å². The van der Waals surface area contributed by atoms with Crippen molar-refractivity contribution in [3.8, 4) is 0 Å². The highest BCUT2D eigenvalue weighted by atomic mass is 14.3. The van der Waals surface area contributed by atoms with Crippen LogP contribution < -0.4 is 0 Å². The Hall–Kier alpha value is -1.30. The van der Waals surface area contributed by atoms with Crippen molar-refractivity contribution >= 4 is 11.6 Å². The summed E-state index contributed by atoms with van der Waals surface area (Å²) in [5.74, 6) is 0.945. The molecule has 96 valence electrons. The minimum Gasteiger partial charge on any atom is -0.0871 e. The maximum Gasteiger partial charge on any atom is -0.0163 e. The largest absolute Gasteiger partial charge is 0.0871 e. The lowest BCUT2D eigenvalue weighted by Gasteiger charge is -2.16. The van der Waals surface area contributed by atoms with Crippen LogP contribution in [0.25, 0.3) is 11.6 Å². The SMILES string of the molecule is C/C=C\c1ccc(C)c(/C(=C\C)CC2CC2)c1C. The van der Waals surface area contributed by atoms with Gasteiger partial charge >= 0.3 is 0 Å². The van der Waals surface area contributed by atoms with Crippen molar-refractivity contribution in [2.45, 2.75) is 47.0 Å². The minimum absolute atomic E-state index is 0.945. The van der Waals surface area contributed by atoms with Gasteiger partial charge in [-0.2, -0.15) is 0 Å². The Morgan fingerprint density at radius 1 is 1.22 bits per heavy atom. The van der Waals surface area contributed by atoms with Gasteiger partial charge in [-0.3, -0.25) is 0 Å². The number of allylic oxidation sites excluding steroid dienone is 3. The molecule has 1 fully saturated rings. The molecule has 0 nitrogen and oxygen atoms in total. The summed E-state index contributed by atoms with van der Waals surface area (Å²) in [6, 6.07) is 4.49. The van der Waals surface area contributed by atoms with E-state index in [0.29, 0.717) is 0 Å². The van der Waals surface area contributed by atoms with Crippen molar-refractivity contribution in [1.29, 1.82) is 0 Å². The average molecular weight is 240 g/mol. The highest BCUT2D eigenvalue weighted by Gasteiger charge is 2.24. The van der Waals surface area contributed by atoms with E-state index in [1.165, 1.54) is 41.5 Å². The highest BCUT2D eigenvalue weighted by molar-refractivity contribution is 5.74. The molecule has 1 aromatic rings. The molecule has 0 heterocycles. The molecular formula is C18H24. The lowest BCUT2D eigenvalue weighted by Crippen LogP contribution is -1.97. The molecule has 0 unspecified atom stereocenters. The molecule has 18 heavy (non-hydrogen) atoms. The van der Waals surface area contributed by atoms with Crippen LogP contribution in [0, 0.1) is 19.8 Å². The molecule has 0 radical (unpaired) electrons. The fraction of sp³-hybridized carbons (Fsp3) is 0.444. The maximum atomic E-state index is 2.31. The van der Waals surface area contributed by atoms with E-state index in [-0.39, 0.29) is 0 Å². The van der Waals surface area contributed by atoms with Crippen LogP contribution in [-0.4, -0.2) is 0 Å². The molecule has 0 N–H and O–H groups in total. The molecule has 0 spiro atoms. The summed E-state index contributed by atoms with van der Waals surface area (Å²) in [5, 5.41) is 0. The first kappa shape index (κ1) is 13.1. The molecular weight excluding hydrogens is 216 g/mol. The molecule has 1 aliphatic rings. The van der Waals surface area contributed by atoms with Crippen LogP contribution in [0.4, 0.5) is 0 Å². The van der Waals surface area contributed by atoms with Gasteiger partial charge < -0.3 is 0 Å². The topological polar surface area (TPSA) is 0 Å². The molecule has 0 heteroatoms. The molecule has 0 atom stereocenters. The molecule has 0 aliphatic heterocycles. The molecule has 0 aromatic heterocycles. The first-order valence-corrected chi connectivity index (χ1v) is 7.05. The zero-order valence-electron chi connectivity index (χ0n) is 12.1. The zero-order valence-corrected chi connectivity index (χ0v) is 12.1. The van der Waals surface area contributed by atoms with Gasteiger partial charge in [0.05, 0.1) is 0 Å². The Balaban J connectivity index is 2.43. The van der Waals surface area contributed by atoms with E-state index in [2.05, 4.69) is 58.1 Å². The fourth-order valence-electron chi connectivity index (χ4n) is 2.71. The fourth-order valence-corrected chi connectivity index (χ4v) is 2.71. The summed E-state index contributed by atoms with van der Waals surface area (Å²) in [4.78, 5) is 0. The molecule has 1 aromatic carbocycles. The normalized spacial score (nSPS) is 16.6. The van der Waals surface area contributed by atoms with Gasteiger partial charge in [-0.15, -0.1) is 0 Å². The van der Waals surface area contributed by atoms with E-state index in [1.54, 1.807) is 5.57 Å². The third-order valence-corrected chi connectivity index (χ3v) is 3.94. The Morgan fingerprint density at radius 2 is 1.94 bits per heavy atom. The van der Waals surface area contributed by atoms with Gasteiger partial charge in [0.2, 0.25) is 0 Å². The Labute approximate surface area is 111 Å². The van der Waals surface area contributed by atoms with E-state index < -0.39 is 0 Å². The third-order valence-electron chi connectivity index (χ3n) is 3.94. The Bertz CT molecular complexity index is 485. The monoisotopic (exact) mass is 240 g/mol. The molecule has 1 saturated carbocycles. The van der Waals surface area contributed by atoms with Crippen LogP contribution in [0.5, 0.6) is 0 Å². The van der Waals surface area contributed by atoms with Crippen molar-refractivity contribution in [3.05, 3.63) is 46.5 Å². The molecule has 1 aliphatic carbocycles. The molecule has 0 amide bonds. The highest BCUT2D eigenvalue weighted by Crippen LogP contribution is 2.40. The number of benzene rings is 1. The number of rotatable bonds is 4. The van der Waals surface area contributed by atoms with Crippen LogP contribution in [0.3, 0.4) is 0 Å². The smallest absolute Gasteiger partial charge is 0.0163 e. The third kappa shape index (κ3) is 2.75. The van der Waals surface area contributed by atoms with Gasteiger partial charge in [0.1, 0.15) is 0 Å². The van der Waals surface area contributed by atoms with Gasteiger partial charge in [0.25, 0.3) is 0 Å². The summed E-state index contributed by atoms with van der Waals surface area (Å²) in [7, 11) is 0. The predicted octanol–water partition coefficient (Wildman–Crippen LogP) is 5.54. The van der Waals surface area contributed by atoms with Crippen LogP contribution in [0.2, 0.25) is 0 Å². The standard InChI is InChI=1S/C18H24/c1-5-7-17-11-8-13(3)18(14(17)4)16(6-2)12-15-9-10-15/h5-8,11,15H,9-10,12H2,1-4H3/b7-5-,16-6-. The Kier molecular flexibility index (Phi) is 4.06.